The molecule has 2 aromatic rings. The van der Waals surface area contributed by atoms with E-state index in [1.54, 1.807) is 18.2 Å². The first-order chi connectivity index (χ1) is 10.4. The van der Waals surface area contributed by atoms with Crippen LogP contribution in [0.5, 0.6) is 0 Å². The molecule has 1 N–H and O–H groups in total. The van der Waals surface area contributed by atoms with Gasteiger partial charge in [-0.2, -0.15) is 0 Å². The third-order valence-corrected chi connectivity index (χ3v) is 5.22. The Morgan fingerprint density at radius 2 is 1.68 bits per heavy atom. The molecule has 0 unspecified atom stereocenters. The third kappa shape index (κ3) is 4.18. The number of anilines is 1. The molecule has 5 heteroatoms. The maximum Gasteiger partial charge on any atom is 0.225 e. The van der Waals surface area contributed by atoms with Gasteiger partial charge in [-0.3, -0.25) is 4.79 Å². The van der Waals surface area contributed by atoms with Crippen LogP contribution in [0.1, 0.15) is 17.5 Å². The van der Waals surface area contributed by atoms with Crippen molar-refractivity contribution in [3.63, 3.8) is 0 Å². The van der Waals surface area contributed by atoms with Gasteiger partial charge in [0.2, 0.25) is 5.91 Å². The summed E-state index contributed by atoms with van der Waals surface area (Å²) in [6.07, 6.45) is -0.0653. The van der Waals surface area contributed by atoms with Crippen LogP contribution in [-0.4, -0.2) is 20.1 Å². The Morgan fingerprint density at radius 3 is 2.32 bits per heavy atom. The van der Waals surface area contributed by atoms with Gasteiger partial charge in [-0.15, -0.1) is 0 Å². The van der Waals surface area contributed by atoms with Gasteiger partial charge in [0.25, 0.3) is 0 Å². The van der Waals surface area contributed by atoms with E-state index in [1.165, 1.54) is 12.1 Å². The number of benzene rings is 2. The van der Waals surface area contributed by atoms with Crippen LogP contribution < -0.4 is 5.32 Å². The van der Waals surface area contributed by atoms with Crippen molar-refractivity contribution in [2.75, 3.05) is 11.1 Å². The fourth-order valence-electron chi connectivity index (χ4n) is 2.02. The zero-order chi connectivity index (χ0) is 16.2. The second-order valence-electron chi connectivity index (χ2n) is 5.23. The van der Waals surface area contributed by atoms with Crippen molar-refractivity contribution in [3.05, 3.63) is 59.7 Å². The number of amides is 1. The zero-order valence-corrected chi connectivity index (χ0v) is 13.5. The lowest BCUT2D eigenvalue weighted by atomic mass is 10.1. The van der Waals surface area contributed by atoms with Gasteiger partial charge in [0.15, 0.2) is 9.84 Å². The lowest BCUT2D eigenvalue weighted by Gasteiger charge is -2.08. The van der Waals surface area contributed by atoms with Gasteiger partial charge in [0, 0.05) is 12.1 Å². The van der Waals surface area contributed by atoms with Gasteiger partial charge in [0.1, 0.15) is 0 Å². The van der Waals surface area contributed by atoms with Gasteiger partial charge in [0.05, 0.1) is 10.6 Å². The molecule has 0 aliphatic heterocycles. The normalized spacial score (nSPS) is 11.2. The van der Waals surface area contributed by atoms with Crippen LogP contribution in [0.4, 0.5) is 5.69 Å². The Bertz CT molecular complexity index is 768. The van der Waals surface area contributed by atoms with Gasteiger partial charge >= 0.3 is 0 Å². The fourth-order valence-corrected chi connectivity index (χ4v) is 3.28. The SMILES string of the molecule is Cc1ccc(NC(=O)CCS(=O)(=O)c2ccccc2)cc1C. The molecule has 0 fully saturated rings. The second-order valence-corrected chi connectivity index (χ2v) is 7.34. The van der Waals surface area contributed by atoms with Crippen LogP contribution in [0.25, 0.3) is 0 Å². The van der Waals surface area contributed by atoms with E-state index in [-0.39, 0.29) is 23.0 Å². The fraction of sp³-hybridized carbons (Fsp3) is 0.235. The summed E-state index contributed by atoms with van der Waals surface area (Å²) in [4.78, 5) is 12.2. The predicted octanol–water partition coefficient (Wildman–Crippen LogP) is 3.11. The molecule has 0 saturated heterocycles. The number of aryl methyl sites for hydroxylation is 2. The molecule has 4 nitrogen and oxygen atoms in total. The summed E-state index contributed by atoms with van der Waals surface area (Å²) in [6, 6.07) is 13.8. The number of nitrogens with one attached hydrogen (secondary N) is 1. The van der Waals surface area contributed by atoms with E-state index in [4.69, 9.17) is 0 Å². The summed E-state index contributed by atoms with van der Waals surface area (Å²) in [7, 11) is -3.42. The molecule has 0 aromatic heterocycles. The van der Waals surface area contributed by atoms with Crippen LogP contribution >= 0.6 is 0 Å². The summed E-state index contributed by atoms with van der Waals surface area (Å²) in [5.74, 6) is -0.504. The highest BCUT2D eigenvalue weighted by Gasteiger charge is 2.16. The molecule has 0 radical (unpaired) electrons. The van der Waals surface area contributed by atoms with Crippen molar-refractivity contribution in [1.82, 2.24) is 0 Å². The van der Waals surface area contributed by atoms with Crippen LogP contribution in [0, 0.1) is 13.8 Å². The minimum Gasteiger partial charge on any atom is -0.326 e. The summed E-state index contributed by atoms with van der Waals surface area (Å²) in [6.45, 7) is 3.96. The Morgan fingerprint density at radius 1 is 1.00 bits per heavy atom. The Balaban J connectivity index is 1.97. The molecule has 2 aromatic carbocycles. The predicted molar refractivity (Wildman–Crippen MR) is 87.7 cm³/mol. The number of hydrogen-bond donors (Lipinski definition) is 1. The average molecular weight is 317 g/mol. The van der Waals surface area contributed by atoms with E-state index in [0.717, 1.165) is 11.1 Å². The minimum absolute atomic E-state index is 0.0653. The van der Waals surface area contributed by atoms with Gasteiger partial charge in [-0.25, -0.2) is 8.42 Å². The molecule has 0 bridgehead atoms. The summed E-state index contributed by atoms with van der Waals surface area (Å²) in [5.41, 5.74) is 2.91. The van der Waals surface area contributed by atoms with Crippen LogP contribution in [-0.2, 0) is 14.6 Å². The monoisotopic (exact) mass is 317 g/mol. The van der Waals surface area contributed by atoms with Crippen molar-refractivity contribution in [3.8, 4) is 0 Å². The molecular weight excluding hydrogens is 298 g/mol. The first kappa shape index (κ1) is 16.2. The average Bonchev–Trinajstić information content (AvgIpc) is 2.50. The lowest BCUT2D eigenvalue weighted by Crippen LogP contribution is -2.17. The standard InChI is InChI=1S/C17H19NO3S/c1-13-8-9-15(12-14(13)2)18-17(19)10-11-22(20,21)16-6-4-3-5-7-16/h3-9,12H,10-11H2,1-2H3,(H,18,19). The van der Waals surface area contributed by atoms with E-state index >= 15 is 0 Å². The third-order valence-electron chi connectivity index (χ3n) is 3.49. The van der Waals surface area contributed by atoms with Crippen LogP contribution in [0.2, 0.25) is 0 Å². The molecule has 1 amide bonds. The topological polar surface area (TPSA) is 63.2 Å². The van der Waals surface area contributed by atoms with Crippen LogP contribution in [0.15, 0.2) is 53.4 Å². The van der Waals surface area contributed by atoms with E-state index in [1.807, 2.05) is 32.0 Å². The molecule has 116 valence electrons. The molecule has 0 aliphatic carbocycles. The summed E-state index contributed by atoms with van der Waals surface area (Å²) in [5, 5.41) is 2.73. The molecule has 0 atom stereocenters. The molecule has 0 heterocycles. The Kier molecular flexibility index (Phi) is 4.98. The second kappa shape index (κ2) is 6.75. The van der Waals surface area contributed by atoms with Crippen molar-refractivity contribution >= 4 is 21.4 Å². The van der Waals surface area contributed by atoms with Gasteiger partial charge in [-0.1, -0.05) is 24.3 Å². The van der Waals surface area contributed by atoms with E-state index < -0.39 is 9.84 Å². The Hall–Kier alpha value is -2.14. The Labute approximate surface area is 131 Å². The number of carbonyl (C=O) groups excluding carboxylic acids is 1. The number of rotatable bonds is 5. The van der Waals surface area contributed by atoms with E-state index in [9.17, 15) is 13.2 Å². The summed E-state index contributed by atoms with van der Waals surface area (Å²) < 4.78 is 24.2. The highest BCUT2D eigenvalue weighted by Crippen LogP contribution is 2.15. The van der Waals surface area contributed by atoms with Gasteiger partial charge in [-0.05, 0) is 49.2 Å². The van der Waals surface area contributed by atoms with Crippen LogP contribution in [0.3, 0.4) is 0 Å². The van der Waals surface area contributed by atoms with Gasteiger partial charge < -0.3 is 5.32 Å². The number of carbonyl (C=O) groups is 1. The molecular formula is C17H19NO3S. The molecule has 22 heavy (non-hydrogen) atoms. The van der Waals surface area contributed by atoms with Crippen molar-refractivity contribution in [1.29, 1.82) is 0 Å². The largest absolute Gasteiger partial charge is 0.326 e. The zero-order valence-electron chi connectivity index (χ0n) is 12.7. The highest BCUT2D eigenvalue weighted by molar-refractivity contribution is 7.91. The summed E-state index contributed by atoms with van der Waals surface area (Å²) >= 11 is 0. The first-order valence-corrected chi connectivity index (χ1v) is 8.68. The van der Waals surface area contributed by atoms with Crippen molar-refractivity contribution in [2.45, 2.75) is 25.2 Å². The highest BCUT2D eigenvalue weighted by atomic mass is 32.2. The molecule has 0 spiro atoms. The van der Waals surface area contributed by atoms with Crippen molar-refractivity contribution < 1.29 is 13.2 Å². The number of hydrogen-bond acceptors (Lipinski definition) is 3. The first-order valence-electron chi connectivity index (χ1n) is 7.03. The maximum atomic E-state index is 12.1. The minimum atomic E-state index is -3.42. The van der Waals surface area contributed by atoms with E-state index in [0.29, 0.717) is 5.69 Å². The van der Waals surface area contributed by atoms with E-state index in [2.05, 4.69) is 5.32 Å². The maximum absolute atomic E-state index is 12.1. The van der Waals surface area contributed by atoms with Crippen molar-refractivity contribution in [2.24, 2.45) is 0 Å². The number of sulfone groups is 1. The smallest absolute Gasteiger partial charge is 0.225 e. The molecule has 0 aliphatic rings. The molecule has 0 saturated carbocycles. The molecule has 2 rings (SSSR count). The quantitative estimate of drug-likeness (QED) is 0.921. The lowest BCUT2D eigenvalue weighted by molar-refractivity contribution is -0.115.